The lowest BCUT2D eigenvalue weighted by Gasteiger charge is -2.27. The van der Waals surface area contributed by atoms with Crippen LogP contribution in [-0.4, -0.2) is 14.8 Å². The highest BCUT2D eigenvalue weighted by Crippen LogP contribution is 2.31. The van der Waals surface area contributed by atoms with Gasteiger partial charge in [-0.1, -0.05) is 0 Å². The van der Waals surface area contributed by atoms with Gasteiger partial charge in [0.1, 0.15) is 12.1 Å². The third kappa shape index (κ3) is 3.01. The smallest absolute Gasteiger partial charge is 0.192 e. The third-order valence-electron chi connectivity index (χ3n) is 2.99. The fraction of sp³-hybridized carbons (Fsp3) is 0.429. The van der Waals surface area contributed by atoms with Crippen molar-refractivity contribution in [3.8, 4) is 5.75 Å². The molecule has 0 fully saturated rings. The molecule has 2 rings (SSSR count). The van der Waals surface area contributed by atoms with Crippen molar-refractivity contribution in [3.05, 3.63) is 41.7 Å². The summed E-state index contributed by atoms with van der Waals surface area (Å²) in [6.45, 7) is 7.06. The summed E-state index contributed by atoms with van der Waals surface area (Å²) in [6.07, 6.45) is 1.52. The van der Waals surface area contributed by atoms with E-state index in [1.165, 1.54) is 6.33 Å². The van der Waals surface area contributed by atoms with Gasteiger partial charge in [0.05, 0.1) is 0 Å². The molecular formula is C14H16F3N3O. The summed E-state index contributed by atoms with van der Waals surface area (Å²) in [7, 11) is 0. The zero-order valence-electron chi connectivity index (χ0n) is 12.2. The second-order valence-electron chi connectivity index (χ2n) is 5.47. The number of nitrogens with zero attached hydrogens (tertiary/aromatic N) is 3. The molecule has 1 aromatic carbocycles. The number of ether oxygens (including phenoxy) is 1. The molecule has 0 saturated heterocycles. The highest BCUT2D eigenvalue weighted by Gasteiger charge is 2.32. The monoisotopic (exact) mass is 299 g/mol. The van der Waals surface area contributed by atoms with Gasteiger partial charge in [-0.05, 0) is 27.7 Å². The van der Waals surface area contributed by atoms with Crippen molar-refractivity contribution in [1.82, 2.24) is 14.8 Å². The summed E-state index contributed by atoms with van der Waals surface area (Å²) in [5, 5.41) is 7.75. The maximum atomic E-state index is 13.7. The number of benzene rings is 1. The largest absolute Gasteiger partial charge is 0.474 e. The first-order valence-electron chi connectivity index (χ1n) is 6.46. The molecule has 0 aliphatic heterocycles. The van der Waals surface area contributed by atoms with Gasteiger partial charge in [-0.25, -0.2) is 13.2 Å². The van der Waals surface area contributed by atoms with Crippen molar-refractivity contribution >= 4 is 0 Å². The standard InChI is InChI=1S/C14H16F3N3O/c1-8(2)20-7-18-19-13(20)14(3,4)21-12-10(16)5-9(15)6-11(12)17/h5-8H,1-4H3. The maximum Gasteiger partial charge on any atom is 0.192 e. The van der Waals surface area contributed by atoms with E-state index in [0.29, 0.717) is 18.0 Å². The average Bonchev–Trinajstić information content (AvgIpc) is 2.83. The zero-order valence-corrected chi connectivity index (χ0v) is 12.2. The Morgan fingerprint density at radius 3 is 2.24 bits per heavy atom. The average molecular weight is 299 g/mol. The molecule has 0 unspecified atom stereocenters. The first-order chi connectivity index (χ1) is 9.72. The molecule has 21 heavy (non-hydrogen) atoms. The van der Waals surface area contributed by atoms with Crippen molar-refractivity contribution in [2.24, 2.45) is 0 Å². The van der Waals surface area contributed by atoms with E-state index >= 15 is 0 Å². The molecule has 7 heteroatoms. The molecule has 1 aromatic heterocycles. The van der Waals surface area contributed by atoms with E-state index in [1.54, 1.807) is 18.4 Å². The van der Waals surface area contributed by atoms with E-state index in [1.807, 2.05) is 13.8 Å². The third-order valence-corrected chi connectivity index (χ3v) is 2.99. The van der Waals surface area contributed by atoms with Gasteiger partial charge in [0.25, 0.3) is 0 Å². The lowest BCUT2D eigenvalue weighted by molar-refractivity contribution is 0.0810. The minimum Gasteiger partial charge on any atom is -0.474 e. The van der Waals surface area contributed by atoms with Gasteiger partial charge < -0.3 is 9.30 Å². The summed E-state index contributed by atoms with van der Waals surface area (Å²) in [5.41, 5.74) is -1.14. The summed E-state index contributed by atoms with van der Waals surface area (Å²) in [5.74, 6) is -3.42. The molecule has 0 amide bonds. The Kier molecular flexibility index (Phi) is 3.93. The van der Waals surface area contributed by atoms with E-state index in [0.717, 1.165) is 0 Å². The van der Waals surface area contributed by atoms with E-state index in [-0.39, 0.29) is 6.04 Å². The zero-order chi connectivity index (χ0) is 15.8. The molecule has 4 nitrogen and oxygen atoms in total. The second kappa shape index (κ2) is 5.38. The highest BCUT2D eigenvalue weighted by atomic mass is 19.1. The van der Waals surface area contributed by atoms with E-state index in [9.17, 15) is 13.2 Å². The summed E-state index contributed by atoms with van der Waals surface area (Å²) >= 11 is 0. The Balaban J connectivity index is 2.40. The van der Waals surface area contributed by atoms with Crippen LogP contribution in [0, 0.1) is 17.5 Å². The summed E-state index contributed by atoms with van der Waals surface area (Å²) < 4.78 is 47.5. The first-order valence-corrected chi connectivity index (χ1v) is 6.46. The molecule has 0 bridgehead atoms. The van der Waals surface area contributed by atoms with E-state index in [2.05, 4.69) is 10.2 Å². The predicted octanol–water partition coefficient (Wildman–Crippen LogP) is 3.59. The molecule has 0 atom stereocenters. The number of rotatable bonds is 4. The van der Waals surface area contributed by atoms with Crippen LogP contribution in [0.5, 0.6) is 5.75 Å². The fourth-order valence-electron chi connectivity index (χ4n) is 1.98. The lowest BCUT2D eigenvalue weighted by Crippen LogP contribution is -2.31. The van der Waals surface area contributed by atoms with Crippen LogP contribution in [-0.2, 0) is 5.60 Å². The Morgan fingerprint density at radius 2 is 1.71 bits per heavy atom. The van der Waals surface area contributed by atoms with Gasteiger partial charge in [0, 0.05) is 18.2 Å². The van der Waals surface area contributed by atoms with E-state index < -0.39 is 28.8 Å². The van der Waals surface area contributed by atoms with Crippen molar-refractivity contribution in [3.63, 3.8) is 0 Å². The Morgan fingerprint density at radius 1 is 1.14 bits per heavy atom. The molecule has 0 aliphatic rings. The van der Waals surface area contributed by atoms with Gasteiger partial charge in [-0.15, -0.1) is 10.2 Å². The van der Waals surface area contributed by atoms with Gasteiger partial charge in [0.2, 0.25) is 0 Å². The van der Waals surface area contributed by atoms with Crippen LogP contribution in [0.25, 0.3) is 0 Å². The molecule has 114 valence electrons. The van der Waals surface area contributed by atoms with Crippen LogP contribution in [0.4, 0.5) is 13.2 Å². The SMILES string of the molecule is CC(C)n1cnnc1C(C)(C)Oc1c(F)cc(F)cc1F. The maximum absolute atomic E-state index is 13.7. The molecule has 0 radical (unpaired) electrons. The van der Waals surface area contributed by atoms with Crippen LogP contribution < -0.4 is 4.74 Å². The van der Waals surface area contributed by atoms with Gasteiger partial charge in [-0.3, -0.25) is 0 Å². The summed E-state index contributed by atoms with van der Waals surface area (Å²) in [6, 6.07) is 1.20. The van der Waals surface area contributed by atoms with Crippen LogP contribution in [0.3, 0.4) is 0 Å². The number of hydrogen-bond donors (Lipinski definition) is 0. The van der Waals surface area contributed by atoms with Gasteiger partial charge >= 0.3 is 0 Å². The normalized spacial score (nSPS) is 12.0. The van der Waals surface area contributed by atoms with Crippen molar-refractivity contribution < 1.29 is 17.9 Å². The lowest BCUT2D eigenvalue weighted by atomic mass is 10.1. The molecule has 0 N–H and O–H groups in total. The molecule has 2 aromatic rings. The number of aromatic nitrogens is 3. The van der Waals surface area contributed by atoms with Crippen molar-refractivity contribution in [1.29, 1.82) is 0 Å². The van der Waals surface area contributed by atoms with Gasteiger partial charge in [0.15, 0.2) is 28.8 Å². The van der Waals surface area contributed by atoms with Crippen LogP contribution in [0.15, 0.2) is 18.5 Å². The topological polar surface area (TPSA) is 39.9 Å². The number of halogens is 3. The minimum atomic E-state index is -1.14. The predicted molar refractivity (Wildman–Crippen MR) is 70.4 cm³/mol. The van der Waals surface area contributed by atoms with Crippen molar-refractivity contribution in [2.75, 3.05) is 0 Å². The quantitative estimate of drug-likeness (QED) is 0.866. The number of hydrogen-bond acceptors (Lipinski definition) is 3. The highest BCUT2D eigenvalue weighted by molar-refractivity contribution is 5.28. The molecule has 0 saturated carbocycles. The summed E-state index contributed by atoms with van der Waals surface area (Å²) in [4.78, 5) is 0. The van der Waals surface area contributed by atoms with E-state index in [4.69, 9.17) is 4.74 Å². The van der Waals surface area contributed by atoms with Crippen LogP contribution in [0.2, 0.25) is 0 Å². The molecule has 0 aliphatic carbocycles. The Bertz CT molecular complexity index is 630. The second-order valence-corrected chi connectivity index (χ2v) is 5.47. The molecular weight excluding hydrogens is 283 g/mol. The fourth-order valence-corrected chi connectivity index (χ4v) is 1.98. The Labute approximate surface area is 120 Å². The van der Waals surface area contributed by atoms with Gasteiger partial charge in [-0.2, -0.15) is 0 Å². The molecule has 1 heterocycles. The van der Waals surface area contributed by atoms with Crippen LogP contribution >= 0.6 is 0 Å². The first kappa shape index (κ1) is 15.3. The molecule has 0 spiro atoms. The minimum absolute atomic E-state index is 0.0563. The van der Waals surface area contributed by atoms with Crippen LogP contribution in [0.1, 0.15) is 39.6 Å². The Hall–Kier alpha value is -2.05. The van der Waals surface area contributed by atoms with Crippen molar-refractivity contribution in [2.45, 2.75) is 39.3 Å².